The molecule has 3 heterocycles. The van der Waals surface area contributed by atoms with Crippen LogP contribution < -0.4 is 0 Å². The molecule has 13 rings (SSSR count). The summed E-state index contributed by atoms with van der Waals surface area (Å²) in [5.41, 5.74) is 22.4. The molecule has 0 bridgehead atoms. The topological polar surface area (TPSA) is 38.7 Å². The normalized spacial score (nSPS) is 14.3. The summed E-state index contributed by atoms with van der Waals surface area (Å²) in [6.07, 6.45) is 5.55. The maximum atomic E-state index is 4.67. The Morgan fingerprint density at radius 1 is 0.338 bits per heavy atom. The summed E-state index contributed by atoms with van der Waals surface area (Å²) in [7, 11) is 0. The minimum atomic E-state index is 0. The molecule has 7 aromatic carbocycles. The van der Waals surface area contributed by atoms with E-state index in [9.17, 15) is 0 Å². The van der Waals surface area contributed by atoms with Crippen molar-refractivity contribution in [1.29, 1.82) is 0 Å². The number of benzene rings is 7. The maximum Gasteiger partial charge on any atom is 3.00 e. The molecule has 0 unspecified atom stereocenters. The minimum absolute atomic E-state index is 0. The molecule has 3 nitrogen and oxygen atoms in total. The third-order valence-electron chi connectivity index (χ3n) is 14.4. The first kappa shape index (κ1) is 44.7. The summed E-state index contributed by atoms with van der Waals surface area (Å²) in [4.78, 5) is 13.5. The van der Waals surface area contributed by atoms with Crippen LogP contribution in [-0.4, -0.2) is 15.0 Å². The van der Waals surface area contributed by atoms with Gasteiger partial charge in [-0.2, -0.15) is 0 Å². The molecule has 0 amide bonds. The average Bonchev–Trinajstić information content (AvgIpc) is 3.86. The Kier molecular flexibility index (Phi) is 11.5. The third-order valence-corrected chi connectivity index (χ3v) is 14.4. The summed E-state index contributed by atoms with van der Waals surface area (Å²) in [6.45, 7) is 13.8. The zero-order chi connectivity index (χ0) is 45.9. The Morgan fingerprint density at radius 2 is 0.721 bits per heavy atom. The Balaban J connectivity index is 0.000000119. The molecule has 0 saturated carbocycles. The first-order valence-corrected chi connectivity index (χ1v) is 23.2. The van der Waals surface area contributed by atoms with Crippen LogP contribution in [0.15, 0.2) is 195 Å². The van der Waals surface area contributed by atoms with Crippen molar-refractivity contribution in [2.75, 3.05) is 0 Å². The number of hydrogen-bond donors (Lipinski definition) is 0. The number of hydrogen-bond acceptors (Lipinski definition) is 3. The zero-order valence-corrected chi connectivity index (χ0v) is 41.5. The van der Waals surface area contributed by atoms with Crippen LogP contribution in [0.25, 0.3) is 77.9 Å². The van der Waals surface area contributed by atoms with Gasteiger partial charge in [-0.15, -0.1) is 88.0 Å². The molecular weight excluding hydrogens is 1000 g/mol. The van der Waals surface area contributed by atoms with E-state index in [-0.39, 0.29) is 36.4 Å². The Hall–Kier alpha value is -7.10. The fraction of sp³-hybridized carbons (Fsp3) is 0.141. The Morgan fingerprint density at radius 3 is 1.16 bits per heavy atom. The Bertz CT molecular complexity index is 3350. The van der Waals surface area contributed by atoms with E-state index in [0.717, 1.165) is 33.8 Å². The zero-order valence-electron chi connectivity index (χ0n) is 39.2. The van der Waals surface area contributed by atoms with Gasteiger partial charge in [-0.1, -0.05) is 196 Å². The summed E-state index contributed by atoms with van der Waals surface area (Å²) in [5.74, 6) is 0. The quantitative estimate of drug-likeness (QED) is 0.166. The minimum Gasteiger partial charge on any atom is -0.305 e. The SMILES string of the molecule is CC1(C)c2ccccc2-c2c[c-]c(-c3ccccn3)cc21.CC1(C)c2ccccc2-c2c[c-]c(-c3ccccn3)cc21.CC1(C)c2ccccc2-c2c[c-]c(-c3nccc4ccccc34)cc21.[Ir+3]. The summed E-state index contributed by atoms with van der Waals surface area (Å²) in [6, 6.07) is 71.9. The van der Waals surface area contributed by atoms with E-state index in [0.29, 0.717) is 0 Å². The molecule has 3 aliphatic carbocycles. The van der Waals surface area contributed by atoms with Gasteiger partial charge in [0.2, 0.25) is 0 Å². The number of nitrogens with zero attached hydrogens (tertiary/aromatic N) is 3. The standard InChI is InChI=1S/C24H18N.2C20H16N.Ir/c1-24(2)21-10-6-5-9-19(21)20-12-11-17(15-22(20)24)23-18-8-4-3-7-16(18)13-14-25-23;2*1-20(2)17-8-4-3-7-15(17)16-11-10-14(13-18(16)20)19-9-5-6-12-21-19;/h3-10,12-15H,1-2H3;2*3-9,11-13H,1-2H3;/q3*-1;+3. The van der Waals surface area contributed by atoms with Gasteiger partial charge in [0.25, 0.3) is 0 Å². The fourth-order valence-electron chi connectivity index (χ4n) is 10.7. The molecule has 0 radical (unpaired) electrons. The van der Waals surface area contributed by atoms with E-state index in [1.807, 2.05) is 55.0 Å². The van der Waals surface area contributed by atoms with E-state index in [1.54, 1.807) is 0 Å². The summed E-state index contributed by atoms with van der Waals surface area (Å²) < 4.78 is 0. The largest absolute Gasteiger partial charge is 3.00 e. The molecule has 10 aromatic rings. The van der Waals surface area contributed by atoms with Gasteiger partial charge in [0.1, 0.15) is 0 Å². The third kappa shape index (κ3) is 7.53. The van der Waals surface area contributed by atoms with Gasteiger partial charge in [-0.25, -0.2) is 0 Å². The molecule has 4 heteroatoms. The van der Waals surface area contributed by atoms with Crippen molar-refractivity contribution >= 4 is 10.8 Å². The van der Waals surface area contributed by atoms with Crippen LogP contribution in [0.3, 0.4) is 0 Å². The van der Waals surface area contributed by atoms with Crippen LogP contribution in [0.2, 0.25) is 0 Å². The molecule has 0 spiro atoms. The van der Waals surface area contributed by atoms with Crippen molar-refractivity contribution in [3.05, 3.63) is 246 Å². The second-order valence-electron chi connectivity index (χ2n) is 19.3. The maximum absolute atomic E-state index is 4.67. The predicted octanol–water partition coefficient (Wildman–Crippen LogP) is 15.7. The van der Waals surface area contributed by atoms with Gasteiger partial charge in [-0.05, 0) is 79.0 Å². The van der Waals surface area contributed by atoms with Crippen LogP contribution in [-0.2, 0) is 36.4 Å². The van der Waals surface area contributed by atoms with Crippen molar-refractivity contribution in [3.8, 4) is 67.2 Å². The number of rotatable bonds is 3. The molecule has 3 aliphatic rings. The van der Waals surface area contributed by atoms with Crippen molar-refractivity contribution in [3.63, 3.8) is 0 Å². The molecule has 0 atom stereocenters. The van der Waals surface area contributed by atoms with E-state index in [2.05, 4.69) is 214 Å². The Labute approximate surface area is 414 Å². The average molecular weight is 1050 g/mol. The first-order valence-electron chi connectivity index (χ1n) is 23.2. The molecule has 0 aliphatic heterocycles. The van der Waals surface area contributed by atoms with Crippen LogP contribution in [0.1, 0.15) is 74.9 Å². The molecule has 0 N–H and O–H groups in total. The van der Waals surface area contributed by atoms with Gasteiger partial charge in [-0.3, -0.25) is 0 Å². The van der Waals surface area contributed by atoms with Crippen LogP contribution >= 0.6 is 0 Å². The smallest absolute Gasteiger partial charge is 0.305 e. The molecule has 0 fully saturated rings. The molecule has 68 heavy (non-hydrogen) atoms. The van der Waals surface area contributed by atoms with E-state index in [1.165, 1.54) is 77.5 Å². The van der Waals surface area contributed by atoms with Crippen molar-refractivity contribution in [1.82, 2.24) is 15.0 Å². The van der Waals surface area contributed by atoms with Gasteiger partial charge < -0.3 is 15.0 Å². The molecule has 330 valence electrons. The molecular formula is C64H50IrN3. The van der Waals surface area contributed by atoms with E-state index in [4.69, 9.17) is 0 Å². The number of pyridine rings is 3. The second kappa shape index (κ2) is 17.5. The van der Waals surface area contributed by atoms with Crippen LogP contribution in [0.5, 0.6) is 0 Å². The first-order chi connectivity index (χ1) is 32.5. The van der Waals surface area contributed by atoms with E-state index >= 15 is 0 Å². The summed E-state index contributed by atoms with van der Waals surface area (Å²) >= 11 is 0. The number of aromatic nitrogens is 3. The van der Waals surface area contributed by atoms with Gasteiger partial charge >= 0.3 is 20.1 Å². The van der Waals surface area contributed by atoms with Gasteiger partial charge in [0.15, 0.2) is 0 Å². The molecule has 3 aromatic heterocycles. The van der Waals surface area contributed by atoms with Gasteiger partial charge in [0, 0.05) is 18.6 Å². The molecule has 0 saturated heterocycles. The number of fused-ring (bicyclic) bond motifs is 10. The predicted molar refractivity (Wildman–Crippen MR) is 276 cm³/mol. The van der Waals surface area contributed by atoms with Gasteiger partial charge in [0.05, 0.1) is 0 Å². The van der Waals surface area contributed by atoms with Crippen molar-refractivity contribution < 1.29 is 20.1 Å². The van der Waals surface area contributed by atoms with E-state index < -0.39 is 0 Å². The van der Waals surface area contributed by atoms with Crippen LogP contribution in [0, 0.1) is 18.2 Å². The van der Waals surface area contributed by atoms with Crippen molar-refractivity contribution in [2.24, 2.45) is 0 Å². The van der Waals surface area contributed by atoms with Crippen LogP contribution in [0.4, 0.5) is 0 Å². The summed E-state index contributed by atoms with van der Waals surface area (Å²) in [5, 5.41) is 2.39. The fourth-order valence-corrected chi connectivity index (χ4v) is 10.7. The monoisotopic (exact) mass is 1050 g/mol. The second-order valence-corrected chi connectivity index (χ2v) is 19.3. The van der Waals surface area contributed by atoms with Crippen molar-refractivity contribution in [2.45, 2.75) is 57.8 Å².